The average Bonchev–Trinajstić information content (AvgIpc) is 2.65. The SMILES string of the molecule is COC1CCCN(CC2(N)CCCC2)C1. The van der Waals surface area contributed by atoms with E-state index >= 15 is 0 Å². The molecule has 0 spiro atoms. The van der Waals surface area contributed by atoms with Crippen LogP contribution in [-0.2, 0) is 4.74 Å². The molecule has 2 fully saturated rings. The number of ether oxygens (including phenoxy) is 1. The number of nitrogens with zero attached hydrogens (tertiary/aromatic N) is 1. The van der Waals surface area contributed by atoms with Crippen molar-refractivity contribution in [2.75, 3.05) is 26.7 Å². The molecule has 2 rings (SSSR count). The summed E-state index contributed by atoms with van der Waals surface area (Å²) in [6.45, 7) is 3.36. The summed E-state index contributed by atoms with van der Waals surface area (Å²) in [4.78, 5) is 2.50. The fourth-order valence-corrected chi connectivity index (χ4v) is 3.03. The van der Waals surface area contributed by atoms with E-state index in [9.17, 15) is 0 Å². The third-order valence-electron chi connectivity index (χ3n) is 3.93. The highest BCUT2D eigenvalue weighted by Crippen LogP contribution is 2.28. The van der Waals surface area contributed by atoms with Gasteiger partial charge in [0.1, 0.15) is 0 Å². The quantitative estimate of drug-likeness (QED) is 0.768. The molecule has 0 aromatic heterocycles. The summed E-state index contributed by atoms with van der Waals surface area (Å²) < 4.78 is 5.44. The first kappa shape index (κ1) is 11.4. The van der Waals surface area contributed by atoms with Crippen LogP contribution < -0.4 is 5.73 Å². The van der Waals surface area contributed by atoms with Gasteiger partial charge in [-0.3, -0.25) is 4.90 Å². The third-order valence-corrected chi connectivity index (χ3v) is 3.93. The summed E-state index contributed by atoms with van der Waals surface area (Å²) in [6.07, 6.45) is 7.96. The van der Waals surface area contributed by atoms with E-state index < -0.39 is 0 Å². The molecule has 1 atom stereocenters. The van der Waals surface area contributed by atoms with Gasteiger partial charge in [-0.1, -0.05) is 12.8 Å². The predicted molar refractivity (Wildman–Crippen MR) is 61.9 cm³/mol. The Balaban J connectivity index is 1.83. The van der Waals surface area contributed by atoms with Gasteiger partial charge in [0.2, 0.25) is 0 Å². The number of hydrogen-bond donors (Lipinski definition) is 1. The second kappa shape index (κ2) is 4.81. The van der Waals surface area contributed by atoms with Crippen LogP contribution in [0.4, 0.5) is 0 Å². The highest BCUT2D eigenvalue weighted by Gasteiger charge is 2.32. The van der Waals surface area contributed by atoms with Gasteiger partial charge in [-0.15, -0.1) is 0 Å². The Bertz CT molecular complexity index is 202. The van der Waals surface area contributed by atoms with Crippen LogP contribution in [0.1, 0.15) is 38.5 Å². The maximum Gasteiger partial charge on any atom is 0.0698 e. The van der Waals surface area contributed by atoms with E-state index in [0.29, 0.717) is 6.10 Å². The Labute approximate surface area is 93.0 Å². The van der Waals surface area contributed by atoms with Crippen molar-refractivity contribution in [3.63, 3.8) is 0 Å². The van der Waals surface area contributed by atoms with Crippen LogP contribution in [-0.4, -0.2) is 43.3 Å². The number of rotatable bonds is 3. The summed E-state index contributed by atoms with van der Waals surface area (Å²) in [5, 5.41) is 0. The van der Waals surface area contributed by atoms with E-state index in [1.54, 1.807) is 0 Å². The molecule has 0 aromatic carbocycles. The maximum atomic E-state index is 6.39. The summed E-state index contributed by atoms with van der Waals surface area (Å²) in [6, 6.07) is 0. The maximum absolute atomic E-state index is 6.39. The molecule has 1 aliphatic heterocycles. The van der Waals surface area contributed by atoms with Crippen molar-refractivity contribution in [1.82, 2.24) is 4.90 Å². The van der Waals surface area contributed by atoms with Crippen LogP contribution in [0.15, 0.2) is 0 Å². The molecule has 1 heterocycles. The lowest BCUT2D eigenvalue weighted by atomic mass is 9.96. The van der Waals surface area contributed by atoms with E-state index in [-0.39, 0.29) is 5.54 Å². The number of piperidine rings is 1. The molecule has 1 saturated carbocycles. The molecular weight excluding hydrogens is 188 g/mol. The van der Waals surface area contributed by atoms with Crippen molar-refractivity contribution in [2.24, 2.45) is 5.73 Å². The molecule has 3 nitrogen and oxygen atoms in total. The minimum atomic E-state index is 0.107. The molecule has 1 aliphatic carbocycles. The van der Waals surface area contributed by atoms with Gasteiger partial charge in [0.05, 0.1) is 6.10 Å². The molecule has 0 bridgehead atoms. The zero-order valence-electron chi connectivity index (χ0n) is 9.87. The predicted octanol–water partition coefficient (Wildman–Crippen LogP) is 1.37. The van der Waals surface area contributed by atoms with Gasteiger partial charge >= 0.3 is 0 Å². The molecule has 1 unspecified atom stereocenters. The van der Waals surface area contributed by atoms with Crippen LogP contribution in [0.5, 0.6) is 0 Å². The highest BCUT2D eigenvalue weighted by atomic mass is 16.5. The average molecular weight is 212 g/mol. The minimum absolute atomic E-state index is 0.107. The normalized spacial score (nSPS) is 32.0. The van der Waals surface area contributed by atoms with E-state index in [0.717, 1.165) is 13.1 Å². The first-order chi connectivity index (χ1) is 7.22. The number of methoxy groups -OCH3 is 1. The molecular formula is C12H24N2O. The monoisotopic (exact) mass is 212 g/mol. The molecule has 0 amide bonds. The van der Waals surface area contributed by atoms with Gasteiger partial charge in [-0.25, -0.2) is 0 Å². The van der Waals surface area contributed by atoms with E-state index in [2.05, 4.69) is 4.90 Å². The van der Waals surface area contributed by atoms with Crippen molar-refractivity contribution >= 4 is 0 Å². The zero-order valence-corrected chi connectivity index (χ0v) is 9.87. The third kappa shape index (κ3) is 2.92. The molecule has 2 N–H and O–H groups in total. The largest absolute Gasteiger partial charge is 0.380 e. The van der Waals surface area contributed by atoms with Crippen LogP contribution >= 0.6 is 0 Å². The topological polar surface area (TPSA) is 38.5 Å². The van der Waals surface area contributed by atoms with Crippen LogP contribution in [0.2, 0.25) is 0 Å². The van der Waals surface area contributed by atoms with Crippen LogP contribution in [0, 0.1) is 0 Å². The molecule has 2 aliphatic rings. The standard InChI is InChI=1S/C12H24N2O/c1-15-11-5-4-8-14(9-11)10-12(13)6-2-3-7-12/h11H,2-10,13H2,1H3. The highest BCUT2D eigenvalue weighted by molar-refractivity contribution is 4.93. The number of hydrogen-bond acceptors (Lipinski definition) is 3. The molecule has 1 saturated heterocycles. The number of nitrogens with two attached hydrogens (primary N) is 1. The lowest BCUT2D eigenvalue weighted by molar-refractivity contribution is 0.0237. The van der Waals surface area contributed by atoms with Gasteiger partial charge in [-0.2, -0.15) is 0 Å². The summed E-state index contributed by atoms with van der Waals surface area (Å²) in [5.41, 5.74) is 6.50. The molecule has 0 radical (unpaired) electrons. The summed E-state index contributed by atoms with van der Waals surface area (Å²) in [5.74, 6) is 0. The van der Waals surface area contributed by atoms with Gasteiger partial charge < -0.3 is 10.5 Å². The van der Waals surface area contributed by atoms with Crippen molar-refractivity contribution in [3.8, 4) is 0 Å². The minimum Gasteiger partial charge on any atom is -0.380 e. The van der Waals surface area contributed by atoms with E-state index in [4.69, 9.17) is 10.5 Å². The first-order valence-corrected chi connectivity index (χ1v) is 6.26. The molecule has 3 heteroatoms. The summed E-state index contributed by atoms with van der Waals surface area (Å²) >= 11 is 0. The lowest BCUT2D eigenvalue weighted by Gasteiger charge is -2.37. The Kier molecular flexibility index (Phi) is 3.65. The van der Waals surface area contributed by atoms with Gasteiger partial charge in [0, 0.05) is 25.7 Å². The fourth-order valence-electron chi connectivity index (χ4n) is 3.03. The van der Waals surface area contributed by atoms with Gasteiger partial charge in [0.15, 0.2) is 0 Å². The Hall–Kier alpha value is -0.120. The Morgan fingerprint density at radius 3 is 2.73 bits per heavy atom. The van der Waals surface area contributed by atoms with Crippen molar-refractivity contribution in [2.45, 2.75) is 50.2 Å². The fraction of sp³-hybridized carbons (Fsp3) is 1.00. The van der Waals surface area contributed by atoms with Crippen LogP contribution in [0.3, 0.4) is 0 Å². The van der Waals surface area contributed by atoms with E-state index in [1.165, 1.54) is 45.1 Å². The second-order valence-corrected chi connectivity index (χ2v) is 5.30. The summed E-state index contributed by atoms with van der Waals surface area (Å²) in [7, 11) is 1.82. The van der Waals surface area contributed by atoms with Crippen LogP contribution in [0.25, 0.3) is 0 Å². The van der Waals surface area contributed by atoms with Gasteiger partial charge in [-0.05, 0) is 32.2 Å². The lowest BCUT2D eigenvalue weighted by Crippen LogP contribution is -2.51. The zero-order chi connectivity index (χ0) is 10.7. The first-order valence-electron chi connectivity index (χ1n) is 6.26. The smallest absolute Gasteiger partial charge is 0.0698 e. The molecule has 0 aromatic rings. The van der Waals surface area contributed by atoms with Crippen molar-refractivity contribution in [1.29, 1.82) is 0 Å². The van der Waals surface area contributed by atoms with Crippen molar-refractivity contribution in [3.05, 3.63) is 0 Å². The van der Waals surface area contributed by atoms with E-state index in [1.807, 2.05) is 7.11 Å². The van der Waals surface area contributed by atoms with Crippen molar-refractivity contribution < 1.29 is 4.74 Å². The Morgan fingerprint density at radius 2 is 2.07 bits per heavy atom. The van der Waals surface area contributed by atoms with Gasteiger partial charge in [0.25, 0.3) is 0 Å². The Morgan fingerprint density at radius 1 is 1.33 bits per heavy atom. The second-order valence-electron chi connectivity index (χ2n) is 5.30. The number of likely N-dealkylation sites (tertiary alicyclic amines) is 1. The molecule has 15 heavy (non-hydrogen) atoms. The molecule has 88 valence electrons.